The monoisotopic (exact) mass is 265 g/mol. The van der Waals surface area contributed by atoms with Crippen molar-refractivity contribution in [1.29, 1.82) is 0 Å². The van der Waals surface area contributed by atoms with E-state index in [-0.39, 0.29) is 11.9 Å². The van der Waals surface area contributed by atoms with E-state index in [1.54, 1.807) is 23.7 Å². The Bertz CT molecular complexity index is 487. The van der Waals surface area contributed by atoms with Crippen molar-refractivity contribution < 1.29 is 14.3 Å². The van der Waals surface area contributed by atoms with Crippen LogP contribution in [0, 0.1) is 0 Å². The molecule has 1 aliphatic heterocycles. The van der Waals surface area contributed by atoms with Crippen molar-refractivity contribution in [2.45, 2.75) is 17.7 Å². The highest BCUT2D eigenvalue weighted by molar-refractivity contribution is 8.00. The number of nitrogens with zero attached hydrogens (tertiary/aromatic N) is 1. The molecule has 0 spiro atoms. The van der Waals surface area contributed by atoms with Gasteiger partial charge in [-0.2, -0.15) is 0 Å². The zero-order chi connectivity index (χ0) is 13.1. The zero-order valence-electron chi connectivity index (χ0n) is 10.4. The predicted molar refractivity (Wildman–Crippen MR) is 70.9 cm³/mol. The summed E-state index contributed by atoms with van der Waals surface area (Å²) in [7, 11) is 3.18. The number of aryl methyl sites for hydroxylation is 1. The molecule has 96 valence electrons. The van der Waals surface area contributed by atoms with Crippen LogP contribution in [0.5, 0.6) is 0 Å². The first-order valence-corrected chi connectivity index (χ1v) is 6.69. The Kier molecular flexibility index (Phi) is 3.91. The van der Waals surface area contributed by atoms with Gasteiger partial charge in [-0.3, -0.25) is 9.59 Å². The summed E-state index contributed by atoms with van der Waals surface area (Å²) in [6.07, 6.45) is 1.05. The van der Waals surface area contributed by atoms with E-state index < -0.39 is 0 Å². The van der Waals surface area contributed by atoms with Crippen molar-refractivity contribution in [3.8, 4) is 0 Å². The number of ether oxygens (including phenoxy) is 1. The molecular formula is C13H15NO3S. The first kappa shape index (κ1) is 13.0. The fourth-order valence-electron chi connectivity index (χ4n) is 1.83. The lowest BCUT2D eigenvalue weighted by Crippen LogP contribution is -2.31. The van der Waals surface area contributed by atoms with Gasteiger partial charge in [0.15, 0.2) is 0 Å². The van der Waals surface area contributed by atoms with Gasteiger partial charge in [0.2, 0.25) is 5.91 Å². The van der Waals surface area contributed by atoms with E-state index in [9.17, 15) is 9.59 Å². The van der Waals surface area contributed by atoms with Gasteiger partial charge in [-0.1, -0.05) is 6.07 Å². The third-order valence-electron chi connectivity index (χ3n) is 2.96. The number of hydrogen-bond acceptors (Lipinski definition) is 4. The van der Waals surface area contributed by atoms with E-state index in [4.69, 9.17) is 0 Å². The number of methoxy groups -OCH3 is 1. The quantitative estimate of drug-likeness (QED) is 0.783. The van der Waals surface area contributed by atoms with Crippen LogP contribution in [0.2, 0.25) is 0 Å². The Hall–Kier alpha value is -1.49. The van der Waals surface area contributed by atoms with Crippen molar-refractivity contribution >= 4 is 29.3 Å². The minimum atomic E-state index is -0.201. The molecular weight excluding hydrogens is 250 g/mol. The molecule has 0 aromatic heterocycles. The van der Waals surface area contributed by atoms with E-state index in [0.29, 0.717) is 18.6 Å². The van der Waals surface area contributed by atoms with E-state index in [1.807, 2.05) is 18.2 Å². The van der Waals surface area contributed by atoms with Gasteiger partial charge in [0.05, 0.1) is 18.6 Å². The van der Waals surface area contributed by atoms with Crippen molar-refractivity contribution in [2.24, 2.45) is 0 Å². The largest absolute Gasteiger partial charge is 0.469 e. The second-order valence-corrected chi connectivity index (χ2v) is 5.14. The highest BCUT2D eigenvalue weighted by Gasteiger charge is 2.21. The summed E-state index contributed by atoms with van der Waals surface area (Å²) in [6.45, 7) is 0. The Morgan fingerprint density at radius 1 is 1.50 bits per heavy atom. The molecule has 2 rings (SSSR count). The minimum absolute atomic E-state index is 0.120. The Labute approximate surface area is 110 Å². The van der Waals surface area contributed by atoms with Gasteiger partial charge < -0.3 is 9.64 Å². The fraction of sp³-hybridized carbons (Fsp3) is 0.385. The first-order chi connectivity index (χ1) is 8.61. The number of thioether (sulfide) groups is 1. The van der Waals surface area contributed by atoms with Crippen molar-refractivity contribution in [3.05, 3.63) is 23.8 Å². The van der Waals surface area contributed by atoms with Gasteiger partial charge in [0, 0.05) is 18.4 Å². The zero-order valence-corrected chi connectivity index (χ0v) is 11.3. The summed E-state index contributed by atoms with van der Waals surface area (Å²) in [5.74, 6) is 0.395. The lowest BCUT2D eigenvalue weighted by atomic mass is 10.1. The van der Waals surface area contributed by atoms with Crippen molar-refractivity contribution in [3.63, 3.8) is 0 Å². The average Bonchev–Trinajstić information content (AvgIpc) is 2.40. The molecule has 0 bridgehead atoms. The molecule has 0 atom stereocenters. The summed E-state index contributed by atoms with van der Waals surface area (Å²) in [4.78, 5) is 25.4. The van der Waals surface area contributed by atoms with Crippen LogP contribution < -0.4 is 4.90 Å². The normalized spacial score (nSPS) is 14.3. The number of carbonyl (C=O) groups is 2. The molecule has 4 nitrogen and oxygen atoms in total. The van der Waals surface area contributed by atoms with Crippen LogP contribution in [0.3, 0.4) is 0 Å². The molecule has 0 radical (unpaired) electrons. The summed E-state index contributed by atoms with van der Waals surface area (Å²) in [5, 5.41) is 0. The van der Waals surface area contributed by atoms with E-state index in [0.717, 1.165) is 16.1 Å². The Morgan fingerprint density at radius 2 is 2.28 bits per heavy atom. The van der Waals surface area contributed by atoms with E-state index in [1.165, 1.54) is 7.11 Å². The standard InChI is InChI=1S/C13H15NO3S/c1-14-10-5-3-9(4-6-13(16)17-2)7-11(10)18-8-12(14)15/h3,5,7H,4,6,8H2,1-2H3. The number of hydrogen-bond donors (Lipinski definition) is 0. The molecule has 1 aliphatic rings. The molecule has 18 heavy (non-hydrogen) atoms. The number of fused-ring (bicyclic) bond motifs is 1. The molecule has 5 heteroatoms. The van der Waals surface area contributed by atoms with Gasteiger partial charge in [0.1, 0.15) is 0 Å². The summed E-state index contributed by atoms with van der Waals surface area (Å²) in [5.41, 5.74) is 2.03. The third kappa shape index (κ3) is 2.67. The molecule has 0 saturated heterocycles. The molecule has 1 aromatic carbocycles. The topological polar surface area (TPSA) is 46.6 Å². The molecule has 0 saturated carbocycles. The van der Waals surface area contributed by atoms with Crippen LogP contribution in [0.1, 0.15) is 12.0 Å². The highest BCUT2D eigenvalue weighted by Crippen LogP contribution is 2.35. The molecule has 0 unspecified atom stereocenters. The number of carbonyl (C=O) groups excluding carboxylic acids is 2. The van der Waals surface area contributed by atoms with Crippen LogP contribution in [0.25, 0.3) is 0 Å². The van der Waals surface area contributed by atoms with Gasteiger partial charge in [-0.05, 0) is 24.1 Å². The molecule has 1 heterocycles. The molecule has 1 amide bonds. The fourth-order valence-corrected chi connectivity index (χ4v) is 2.89. The van der Waals surface area contributed by atoms with Gasteiger partial charge >= 0.3 is 5.97 Å². The summed E-state index contributed by atoms with van der Waals surface area (Å²) >= 11 is 1.55. The summed E-state index contributed by atoms with van der Waals surface area (Å²) < 4.78 is 4.62. The second kappa shape index (κ2) is 5.44. The maximum absolute atomic E-state index is 11.5. The Morgan fingerprint density at radius 3 is 3.00 bits per heavy atom. The second-order valence-electron chi connectivity index (χ2n) is 4.12. The Balaban J connectivity index is 2.13. The van der Waals surface area contributed by atoms with Crippen LogP contribution >= 0.6 is 11.8 Å². The number of anilines is 1. The number of benzene rings is 1. The molecule has 0 aliphatic carbocycles. The maximum atomic E-state index is 11.5. The number of amides is 1. The van der Waals surface area contributed by atoms with Gasteiger partial charge in [-0.25, -0.2) is 0 Å². The van der Waals surface area contributed by atoms with Crippen LogP contribution in [0.4, 0.5) is 5.69 Å². The first-order valence-electron chi connectivity index (χ1n) is 5.71. The van der Waals surface area contributed by atoms with Crippen molar-refractivity contribution in [1.82, 2.24) is 0 Å². The molecule has 0 N–H and O–H groups in total. The number of esters is 1. The lowest BCUT2D eigenvalue weighted by molar-refractivity contribution is -0.140. The van der Waals surface area contributed by atoms with Gasteiger partial charge in [0.25, 0.3) is 0 Å². The van der Waals surface area contributed by atoms with E-state index >= 15 is 0 Å². The van der Waals surface area contributed by atoms with Crippen LogP contribution in [-0.2, 0) is 20.7 Å². The SMILES string of the molecule is COC(=O)CCc1ccc2c(c1)SCC(=O)N2C. The van der Waals surface area contributed by atoms with E-state index in [2.05, 4.69) is 4.74 Å². The smallest absolute Gasteiger partial charge is 0.305 e. The van der Waals surface area contributed by atoms with Crippen LogP contribution in [-0.4, -0.2) is 31.8 Å². The van der Waals surface area contributed by atoms with Gasteiger partial charge in [-0.15, -0.1) is 11.8 Å². The summed E-state index contributed by atoms with van der Waals surface area (Å²) in [6, 6.07) is 5.94. The minimum Gasteiger partial charge on any atom is -0.469 e. The lowest BCUT2D eigenvalue weighted by Gasteiger charge is -2.25. The number of rotatable bonds is 3. The third-order valence-corrected chi connectivity index (χ3v) is 3.99. The molecule has 1 aromatic rings. The molecule has 0 fully saturated rings. The highest BCUT2D eigenvalue weighted by atomic mass is 32.2. The van der Waals surface area contributed by atoms with Crippen LogP contribution in [0.15, 0.2) is 23.1 Å². The van der Waals surface area contributed by atoms with Crippen molar-refractivity contribution in [2.75, 3.05) is 24.8 Å². The average molecular weight is 265 g/mol. The predicted octanol–water partition coefficient (Wildman–Crippen LogP) is 1.86. The maximum Gasteiger partial charge on any atom is 0.305 e.